The van der Waals surface area contributed by atoms with Crippen molar-refractivity contribution in [1.82, 2.24) is 9.97 Å². The highest BCUT2D eigenvalue weighted by atomic mass is 16.3. The van der Waals surface area contributed by atoms with Crippen LogP contribution < -0.4 is 4.90 Å². The molecule has 1 N–H and O–H groups in total. The van der Waals surface area contributed by atoms with Gasteiger partial charge in [0.2, 0.25) is 5.95 Å². The Morgan fingerprint density at radius 1 is 1.12 bits per heavy atom. The fourth-order valence-corrected chi connectivity index (χ4v) is 2.47. The molecule has 1 aromatic rings. The Bertz CT molecular complexity index is 366. The number of aryl methyl sites for hydroxylation is 2. The molecule has 0 aromatic carbocycles. The van der Waals surface area contributed by atoms with Crippen LogP contribution in [0.15, 0.2) is 6.07 Å². The largest absolute Gasteiger partial charge is 0.393 e. The van der Waals surface area contributed by atoms with E-state index in [9.17, 15) is 5.11 Å². The number of hydrogen-bond acceptors (Lipinski definition) is 4. The Hall–Kier alpha value is -1.16. The van der Waals surface area contributed by atoms with E-state index in [0.29, 0.717) is 6.04 Å². The van der Waals surface area contributed by atoms with Crippen molar-refractivity contribution in [3.8, 4) is 0 Å². The molecule has 1 aromatic heterocycles. The lowest BCUT2D eigenvalue weighted by Crippen LogP contribution is -2.37. The summed E-state index contributed by atoms with van der Waals surface area (Å²) in [6, 6.07) is 2.45. The van der Waals surface area contributed by atoms with Gasteiger partial charge in [0.25, 0.3) is 0 Å². The minimum Gasteiger partial charge on any atom is -0.393 e. The van der Waals surface area contributed by atoms with Gasteiger partial charge in [0.05, 0.1) is 6.10 Å². The van der Waals surface area contributed by atoms with Gasteiger partial charge < -0.3 is 10.0 Å². The third-order valence-corrected chi connectivity index (χ3v) is 3.50. The van der Waals surface area contributed by atoms with Crippen LogP contribution >= 0.6 is 0 Å². The van der Waals surface area contributed by atoms with Crippen molar-refractivity contribution >= 4 is 5.95 Å². The maximum Gasteiger partial charge on any atom is 0.225 e. The third kappa shape index (κ3) is 2.94. The molecule has 1 heterocycles. The zero-order valence-corrected chi connectivity index (χ0v) is 10.8. The van der Waals surface area contributed by atoms with E-state index >= 15 is 0 Å². The molecule has 1 fully saturated rings. The van der Waals surface area contributed by atoms with E-state index in [1.807, 2.05) is 19.9 Å². The molecule has 2 rings (SSSR count). The van der Waals surface area contributed by atoms with E-state index in [0.717, 1.165) is 43.0 Å². The number of hydrogen-bond donors (Lipinski definition) is 1. The number of aromatic nitrogens is 2. The van der Waals surface area contributed by atoms with E-state index in [4.69, 9.17) is 0 Å². The third-order valence-electron chi connectivity index (χ3n) is 3.50. The summed E-state index contributed by atoms with van der Waals surface area (Å²) in [5, 5.41) is 9.52. The van der Waals surface area contributed by atoms with Crippen LogP contribution in [0.5, 0.6) is 0 Å². The number of anilines is 1. The van der Waals surface area contributed by atoms with Gasteiger partial charge in [-0.1, -0.05) is 0 Å². The molecule has 0 aliphatic heterocycles. The normalized spacial score (nSPS) is 24.7. The SMILES string of the molecule is Cc1cc(C)nc(N(C)C2CCC(O)CC2)n1. The van der Waals surface area contributed by atoms with Crippen LogP contribution in [0, 0.1) is 13.8 Å². The molecule has 0 unspecified atom stereocenters. The maximum absolute atomic E-state index is 9.52. The first-order valence-electron chi connectivity index (χ1n) is 6.29. The van der Waals surface area contributed by atoms with Crippen molar-refractivity contribution in [2.24, 2.45) is 0 Å². The molecule has 0 bridgehead atoms. The maximum atomic E-state index is 9.52. The lowest BCUT2D eigenvalue weighted by atomic mass is 9.92. The summed E-state index contributed by atoms with van der Waals surface area (Å²) < 4.78 is 0. The van der Waals surface area contributed by atoms with E-state index in [1.54, 1.807) is 0 Å². The van der Waals surface area contributed by atoms with Gasteiger partial charge in [-0.05, 0) is 45.6 Å². The Kier molecular flexibility index (Phi) is 3.62. The smallest absolute Gasteiger partial charge is 0.225 e. The van der Waals surface area contributed by atoms with E-state index < -0.39 is 0 Å². The van der Waals surface area contributed by atoms with Crippen LogP contribution in [0.1, 0.15) is 37.1 Å². The molecule has 1 aliphatic rings. The second kappa shape index (κ2) is 5.00. The highest BCUT2D eigenvalue weighted by molar-refractivity contribution is 5.32. The summed E-state index contributed by atoms with van der Waals surface area (Å²) in [4.78, 5) is 11.1. The number of rotatable bonds is 2. The zero-order valence-electron chi connectivity index (χ0n) is 10.8. The summed E-state index contributed by atoms with van der Waals surface area (Å²) in [5.41, 5.74) is 2.02. The lowest BCUT2D eigenvalue weighted by molar-refractivity contribution is 0.122. The molecule has 4 heteroatoms. The van der Waals surface area contributed by atoms with Crippen molar-refractivity contribution < 1.29 is 5.11 Å². The van der Waals surface area contributed by atoms with Crippen molar-refractivity contribution in [2.45, 2.75) is 51.7 Å². The van der Waals surface area contributed by atoms with E-state index in [-0.39, 0.29) is 6.10 Å². The van der Waals surface area contributed by atoms with Crippen LogP contribution in [0.3, 0.4) is 0 Å². The van der Waals surface area contributed by atoms with Crippen LogP contribution in [0.4, 0.5) is 5.95 Å². The van der Waals surface area contributed by atoms with Gasteiger partial charge in [-0.3, -0.25) is 0 Å². The first kappa shape index (κ1) is 12.3. The number of nitrogens with zero attached hydrogens (tertiary/aromatic N) is 3. The minimum absolute atomic E-state index is 0.111. The Labute approximate surface area is 103 Å². The van der Waals surface area contributed by atoms with Gasteiger partial charge in [-0.25, -0.2) is 9.97 Å². The first-order chi connectivity index (χ1) is 8.06. The monoisotopic (exact) mass is 235 g/mol. The van der Waals surface area contributed by atoms with Gasteiger partial charge in [0.15, 0.2) is 0 Å². The van der Waals surface area contributed by atoms with Gasteiger partial charge >= 0.3 is 0 Å². The molecule has 0 amide bonds. The number of aliphatic hydroxyl groups excluding tert-OH is 1. The van der Waals surface area contributed by atoms with Crippen LogP contribution in [0.2, 0.25) is 0 Å². The predicted molar refractivity (Wildman–Crippen MR) is 68.2 cm³/mol. The zero-order chi connectivity index (χ0) is 12.4. The van der Waals surface area contributed by atoms with Gasteiger partial charge in [-0.15, -0.1) is 0 Å². The van der Waals surface area contributed by atoms with Crippen molar-refractivity contribution in [3.63, 3.8) is 0 Å². The van der Waals surface area contributed by atoms with Crippen LogP contribution in [-0.2, 0) is 0 Å². The summed E-state index contributed by atoms with van der Waals surface area (Å²) >= 11 is 0. The Morgan fingerprint density at radius 2 is 1.65 bits per heavy atom. The number of aliphatic hydroxyl groups is 1. The second-order valence-corrected chi connectivity index (χ2v) is 5.02. The standard InChI is InChI=1S/C13H21N3O/c1-9-8-10(2)15-13(14-9)16(3)11-4-6-12(17)7-5-11/h8,11-12,17H,4-7H2,1-3H3. The second-order valence-electron chi connectivity index (χ2n) is 5.02. The van der Waals surface area contributed by atoms with Gasteiger partial charge in [0, 0.05) is 24.5 Å². The van der Waals surface area contributed by atoms with E-state index in [1.165, 1.54) is 0 Å². The summed E-state index contributed by atoms with van der Waals surface area (Å²) in [7, 11) is 2.05. The fourth-order valence-electron chi connectivity index (χ4n) is 2.47. The van der Waals surface area contributed by atoms with Crippen molar-refractivity contribution in [2.75, 3.05) is 11.9 Å². The fraction of sp³-hybridized carbons (Fsp3) is 0.692. The summed E-state index contributed by atoms with van der Waals surface area (Å²) in [5.74, 6) is 0.809. The molecular weight excluding hydrogens is 214 g/mol. The van der Waals surface area contributed by atoms with Crippen LogP contribution in [-0.4, -0.2) is 34.3 Å². The average Bonchev–Trinajstić information content (AvgIpc) is 2.28. The quantitative estimate of drug-likeness (QED) is 0.849. The first-order valence-corrected chi connectivity index (χ1v) is 6.29. The molecule has 1 saturated carbocycles. The molecule has 0 saturated heterocycles. The average molecular weight is 235 g/mol. The van der Waals surface area contributed by atoms with Gasteiger partial charge in [-0.2, -0.15) is 0 Å². The minimum atomic E-state index is -0.111. The molecule has 94 valence electrons. The predicted octanol–water partition coefficient (Wildman–Crippen LogP) is 1.83. The molecule has 1 aliphatic carbocycles. The summed E-state index contributed by atoms with van der Waals surface area (Å²) in [6.45, 7) is 3.99. The van der Waals surface area contributed by atoms with Crippen molar-refractivity contribution in [3.05, 3.63) is 17.5 Å². The lowest BCUT2D eigenvalue weighted by Gasteiger charge is -2.33. The van der Waals surface area contributed by atoms with Crippen LogP contribution in [0.25, 0.3) is 0 Å². The topological polar surface area (TPSA) is 49.2 Å². The molecule has 17 heavy (non-hydrogen) atoms. The molecule has 0 spiro atoms. The van der Waals surface area contributed by atoms with Gasteiger partial charge in [0.1, 0.15) is 0 Å². The molecular formula is C13H21N3O. The highest BCUT2D eigenvalue weighted by Crippen LogP contribution is 2.24. The molecule has 0 atom stereocenters. The van der Waals surface area contributed by atoms with Crippen molar-refractivity contribution in [1.29, 1.82) is 0 Å². The molecule has 0 radical (unpaired) electrons. The Morgan fingerprint density at radius 3 is 2.18 bits per heavy atom. The molecule has 4 nitrogen and oxygen atoms in total. The Balaban J connectivity index is 2.10. The summed E-state index contributed by atoms with van der Waals surface area (Å²) in [6.07, 6.45) is 3.71. The highest BCUT2D eigenvalue weighted by Gasteiger charge is 2.24. The van der Waals surface area contributed by atoms with E-state index in [2.05, 4.69) is 21.9 Å².